The van der Waals surface area contributed by atoms with Crippen molar-refractivity contribution in [3.63, 3.8) is 0 Å². The first-order valence-electron chi connectivity index (χ1n) is 5.94. The van der Waals surface area contributed by atoms with E-state index in [1.165, 1.54) is 18.2 Å². The van der Waals surface area contributed by atoms with Crippen LogP contribution in [0.2, 0.25) is 0 Å². The lowest BCUT2D eigenvalue weighted by atomic mass is 10.2. The Bertz CT molecular complexity index is 421. The van der Waals surface area contributed by atoms with Gasteiger partial charge in [-0.15, -0.1) is 0 Å². The zero-order valence-corrected chi connectivity index (χ0v) is 10.3. The summed E-state index contributed by atoms with van der Waals surface area (Å²) in [6.07, 6.45) is 1.26. The summed E-state index contributed by atoms with van der Waals surface area (Å²) in [5.41, 5.74) is 0.0115. The van der Waals surface area contributed by atoms with Crippen molar-refractivity contribution in [3.05, 3.63) is 35.6 Å². The van der Waals surface area contributed by atoms with Gasteiger partial charge in [-0.3, -0.25) is 9.59 Å². The van der Waals surface area contributed by atoms with Crippen molar-refractivity contribution in [1.29, 1.82) is 0 Å². The van der Waals surface area contributed by atoms with Crippen LogP contribution in [0, 0.1) is 5.82 Å². The second-order valence-corrected chi connectivity index (χ2v) is 3.84. The van der Waals surface area contributed by atoms with Crippen LogP contribution in [0.3, 0.4) is 0 Å². The van der Waals surface area contributed by atoms with E-state index >= 15 is 0 Å². The molecule has 0 aliphatic heterocycles. The Balaban J connectivity index is 2.30. The summed E-state index contributed by atoms with van der Waals surface area (Å²) in [4.78, 5) is 22.7. The molecule has 1 rings (SSSR count). The number of nitrogens with one attached hydrogen (secondary N) is 2. The van der Waals surface area contributed by atoms with Crippen molar-refractivity contribution in [3.8, 4) is 0 Å². The van der Waals surface area contributed by atoms with Crippen LogP contribution in [-0.4, -0.2) is 24.9 Å². The highest BCUT2D eigenvalue weighted by molar-refractivity contribution is 5.94. The normalized spacial score (nSPS) is 9.89. The first-order valence-corrected chi connectivity index (χ1v) is 5.94. The van der Waals surface area contributed by atoms with Gasteiger partial charge in [-0.25, -0.2) is 4.39 Å². The van der Waals surface area contributed by atoms with Gasteiger partial charge in [0.2, 0.25) is 5.91 Å². The number of hydrogen-bond acceptors (Lipinski definition) is 2. The minimum absolute atomic E-state index is 0.0115. The number of halogens is 1. The Morgan fingerprint density at radius 3 is 2.50 bits per heavy atom. The number of carbonyl (C=O) groups excluding carboxylic acids is 2. The van der Waals surface area contributed by atoms with Crippen LogP contribution in [-0.2, 0) is 4.79 Å². The van der Waals surface area contributed by atoms with Crippen molar-refractivity contribution in [2.45, 2.75) is 19.8 Å². The molecule has 1 aromatic carbocycles. The largest absolute Gasteiger partial charge is 0.354 e. The lowest BCUT2D eigenvalue weighted by molar-refractivity contribution is -0.121. The molecule has 5 heteroatoms. The van der Waals surface area contributed by atoms with Crippen LogP contribution in [0.15, 0.2) is 24.3 Å². The van der Waals surface area contributed by atoms with Gasteiger partial charge in [0.25, 0.3) is 5.91 Å². The Morgan fingerprint density at radius 1 is 1.17 bits per heavy atom. The van der Waals surface area contributed by atoms with Crippen LogP contribution < -0.4 is 10.6 Å². The molecule has 2 N–H and O–H groups in total. The maximum atomic E-state index is 13.2. The molecule has 0 unspecified atom stereocenters. The number of amides is 2. The molecular weight excluding hydrogens is 235 g/mol. The van der Waals surface area contributed by atoms with Crippen molar-refractivity contribution in [2.75, 3.05) is 13.1 Å². The molecule has 0 bridgehead atoms. The Labute approximate surface area is 106 Å². The Kier molecular flexibility index (Phi) is 5.84. The molecule has 0 aromatic heterocycles. The second-order valence-electron chi connectivity index (χ2n) is 3.84. The molecule has 0 spiro atoms. The topological polar surface area (TPSA) is 58.2 Å². The Hall–Kier alpha value is -1.91. The van der Waals surface area contributed by atoms with Gasteiger partial charge in [-0.05, 0) is 18.6 Å². The molecule has 0 atom stereocenters. The molecule has 18 heavy (non-hydrogen) atoms. The fourth-order valence-corrected chi connectivity index (χ4v) is 1.43. The molecule has 0 saturated heterocycles. The Morgan fingerprint density at radius 2 is 1.83 bits per heavy atom. The van der Waals surface area contributed by atoms with Gasteiger partial charge in [-0.2, -0.15) is 0 Å². The van der Waals surface area contributed by atoms with Crippen molar-refractivity contribution >= 4 is 11.8 Å². The molecule has 0 radical (unpaired) electrons. The van der Waals surface area contributed by atoms with E-state index in [0.29, 0.717) is 13.0 Å². The first kappa shape index (κ1) is 14.2. The van der Waals surface area contributed by atoms with Gasteiger partial charge in [0.15, 0.2) is 0 Å². The van der Waals surface area contributed by atoms with E-state index in [2.05, 4.69) is 10.6 Å². The lowest BCUT2D eigenvalue weighted by Crippen LogP contribution is -2.34. The summed E-state index contributed by atoms with van der Waals surface area (Å²) in [5.74, 6) is -1.07. The summed E-state index contributed by atoms with van der Waals surface area (Å²) in [5, 5.41) is 5.20. The van der Waals surface area contributed by atoms with Gasteiger partial charge in [0.05, 0.1) is 5.56 Å². The minimum Gasteiger partial charge on any atom is -0.354 e. The molecule has 0 heterocycles. The SMILES string of the molecule is CCCC(=O)NCCNC(=O)c1ccccc1F. The van der Waals surface area contributed by atoms with E-state index in [1.807, 2.05) is 6.92 Å². The van der Waals surface area contributed by atoms with Gasteiger partial charge < -0.3 is 10.6 Å². The molecule has 98 valence electrons. The predicted octanol–water partition coefficient (Wildman–Crippen LogP) is 1.47. The fourth-order valence-electron chi connectivity index (χ4n) is 1.43. The number of hydrogen-bond donors (Lipinski definition) is 2. The molecule has 0 fully saturated rings. The van der Waals surface area contributed by atoms with E-state index in [1.54, 1.807) is 6.07 Å². The first-order chi connectivity index (χ1) is 8.65. The van der Waals surface area contributed by atoms with E-state index < -0.39 is 11.7 Å². The van der Waals surface area contributed by atoms with Crippen molar-refractivity contribution in [2.24, 2.45) is 0 Å². The van der Waals surface area contributed by atoms with Crippen LogP contribution in [0.4, 0.5) is 4.39 Å². The molecule has 2 amide bonds. The standard InChI is InChI=1S/C13H17FN2O2/c1-2-5-12(17)15-8-9-16-13(18)10-6-3-4-7-11(10)14/h3-4,6-7H,2,5,8-9H2,1H3,(H,15,17)(H,16,18). The van der Waals surface area contributed by atoms with E-state index in [-0.39, 0.29) is 18.0 Å². The third-order valence-electron chi connectivity index (χ3n) is 2.33. The predicted molar refractivity (Wildman–Crippen MR) is 66.7 cm³/mol. The minimum atomic E-state index is -0.551. The quantitative estimate of drug-likeness (QED) is 0.753. The summed E-state index contributed by atoms with van der Waals surface area (Å²) >= 11 is 0. The zero-order chi connectivity index (χ0) is 13.4. The summed E-state index contributed by atoms with van der Waals surface area (Å²) in [6.45, 7) is 2.54. The zero-order valence-electron chi connectivity index (χ0n) is 10.3. The average molecular weight is 252 g/mol. The number of rotatable bonds is 6. The monoisotopic (exact) mass is 252 g/mol. The average Bonchev–Trinajstić information content (AvgIpc) is 2.35. The molecule has 4 nitrogen and oxygen atoms in total. The summed E-state index contributed by atoms with van der Waals surface area (Å²) in [6, 6.07) is 5.77. The maximum absolute atomic E-state index is 13.2. The smallest absolute Gasteiger partial charge is 0.254 e. The van der Waals surface area contributed by atoms with Crippen LogP contribution in [0.5, 0.6) is 0 Å². The fraction of sp³-hybridized carbons (Fsp3) is 0.385. The molecule has 0 aliphatic carbocycles. The van der Waals surface area contributed by atoms with Crippen molar-refractivity contribution < 1.29 is 14.0 Å². The van der Waals surface area contributed by atoms with Gasteiger partial charge >= 0.3 is 0 Å². The summed E-state index contributed by atoms with van der Waals surface area (Å²) < 4.78 is 13.2. The number of benzene rings is 1. The van der Waals surface area contributed by atoms with E-state index in [0.717, 1.165) is 6.42 Å². The highest BCUT2D eigenvalue weighted by Gasteiger charge is 2.09. The van der Waals surface area contributed by atoms with E-state index in [9.17, 15) is 14.0 Å². The highest BCUT2D eigenvalue weighted by atomic mass is 19.1. The van der Waals surface area contributed by atoms with Crippen LogP contribution in [0.25, 0.3) is 0 Å². The van der Waals surface area contributed by atoms with Gasteiger partial charge in [0.1, 0.15) is 5.82 Å². The van der Waals surface area contributed by atoms with Crippen LogP contribution in [0.1, 0.15) is 30.1 Å². The van der Waals surface area contributed by atoms with E-state index in [4.69, 9.17) is 0 Å². The van der Waals surface area contributed by atoms with Crippen LogP contribution >= 0.6 is 0 Å². The van der Waals surface area contributed by atoms with Crippen molar-refractivity contribution in [1.82, 2.24) is 10.6 Å². The number of carbonyl (C=O) groups is 2. The molecule has 0 saturated carbocycles. The molecule has 0 aliphatic rings. The molecular formula is C13H17FN2O2. The lowest BCUT2D eigenvalue weighted by Gasteiger charge is -2.07. The third kappa shape index (κ3) is 4.53. The molecule has 1 aromatic rings. The summed E-state index contributed by atoms with van der Waals surface area (Å²) in [7, 11) is 0. The second kappa shape index (κ2) is 7.42. The third-order valence-corrected chi connectivity index (χ3v) is 2.33. The van der Waals surface area contributed by atoms with Gasteiger partial charge in [-0.1, -0.05) is 19.1 Å². The maximum Gasteiger partial charge on any atom is 0.254 e. The highest BCUT2D eigenvalue weighted by Crippen LogP contribution is 2.05. The van der Waals surface area contributed by atoms with Gasteiger partial charge in [0, 0.05) is 19.5 Å².